The van der Waals surface area contributed by atoms with Crippen molar-refractivity contribution in [2.45, 2.75) is 44.8 Å². The third-order valence-corrected chi connectivity index (χ3v) is 5.19. The maximum atomic E-state index is 12.6. The summed E-state index contributed by atoms with van der Waals surface area (Å²) in [6.45, 7) is 8.83. The molecule has 1 amide bonds. The molecule has 1 aromatic heterocycles. The van der Waals surface area contributed by atoms with Crippen LogP contribution in [0.3, 0.4) is 0 Å². The molecule has 0 spiro atoms. The van der Waals surface area contributed by atoms with Crippen LogP contribution in [-0.4, -0.2) is 26.9 Å². The van der Waals surface area contributed by atoms with Gasteiger partial charge in [-0.05, 0) is 54.0 Å². The SMILES string of the molecule is CSc1nnc(CNC(=O)c2ccc(C(C)(C)C)cc2)n1-c1cccc(C)c1. The standard InChI is InChI=1S/C22H26N4OS/c1-15-7-6-8-18(13-15)26-19(24-25-21(26)28-5)14-23-20(27)16-9-11-17(12-10-16)22(2,3)4/h6-13H,14H2,1-5H3,(H,23,27). The predicted molar refractivity (Wildman–Crippen MR) is 114 cm³/mol. The van der Waals surface area contributed by atoms with Gasteiger partial charge in [0.25, 0.3) is 5.91 Å². The molecule has 3 aromatic rings. The van der Waals surface area contributed by atoms with Gasteiger partial charge >= 0.3 is 0 Å². The molecule has 3 rings (SSSR count). The van der Waals surface area contributed by atoms with E-state index in [1.807, 2.05) is 47.2 Å². The van der Waals surface area contributed by atoms with Crippen LogP contribution in [0.4, 0.5) is 0 Å². The van der Waals surface area contributed by atoms with Crippen LogP contribution in [0.25, 0.3) is 5.69 Å². The molecule has 0 radical (unpaired) electrons. The Bertz CT molecular complexity index is 971. The fourth-order valence-corrected chi connectivity index (χ4v) is 3.47. The second kappa shape index (κ2) is 8.19. The fourth-order valence-electron chi connectivity index (χ4n) is 2.96. The number of carbonyl (C=O) groups excluding carboxylic acids is 1. The Morgan fingerprint density at radius 2 is 1.82 bits per heavy atom. The topological polar surface area (TPSA) is 59.8 Å². The third kappa shape index (κ3) is 4.44. The number of nitrogens with zero attached hydrogens (tertiary/aromatic N) is 3. The van der Waals surface area contributed by atoms with Gasteiger partial charge in [0.05, 0.1) is 6.54 Å². The predicted octanol–water partition coefficient (Wildman–Crippen LogP) is 4.53. The van der Waals surface area contributed by atoms with Crippen molar-refractivity contribution in [3.63, 3.8) is 0 Å². The summed E-state index contributed by atoms with van der Waals surface area (Å²) < 4.78 is 1.99. The van der Waals surface area contributed by atoms with Crippen LogP contribution < -0.4 is 5.32 Å². The Kier molecular flexibility index (Phi) is 5.89. The summed E-state index contributed by atoms with van der Waals surface area (Å²) in [4.78, 5) is 12.6. The molecule has 0 unspecified atom stereocenters. The van der Waals surface area contributed by atoms with Gasteiger partial charge in [0.1, 0.15) is 0 Å². The Morgan fingerprint density at radius 1 is 1.11 bits per heavy atom. The van der Waals surface area contributed by atoms with Gasteiger partial charge in [-0.1, -0.05) is 56.8 Å². The number of nitrogens with one attached hydrogen (secondary N) is 1. The van der Waals surface area contributed by atoms with E-state index in [2.05, 4.69) is 55.3 Å². The van der Waals surface area contributed by atoms with Gasteiger partial charge in [0, 0.05) is 11.3 Å². The molecule has 1 N–H and O–H groups in total. The number of aromatic nitrogens is 3. The number of amides is 1. The Hall–Kier alpha value is -2.60. The van der Waals surface area contributed by atoms with Gasteiger partial charge in [0.15, 0.2) is 11.0 Å². The Labute approximate surface area is 170 Å². The molecule has 0 saturated carbocycles. The molecule has 1 heterocycles. The van der Waals surface area contributed by atoms with Crippen molar-refractivity contribution in [1.82, 2.24) is 20.1 Å². The van der Waals surface area contributed by atoms with Crippen LogP contribution in [0, 0.1) is 6.92 Å². The summed E-state index contributed by atoms with van der Waals surface area (Å²) in [5.41, 5.74) is 4.06. The van der Waals surface area contributed by atoms with Gasteiger partial charge in [-0.15, -0.1) is 10.2 Å². The van der Waals surface area contributed by atoms with Crippen molar-refractivity contribution in [3.8, 4) is 5.69 Å². The van der Waals surface area contributed by atoms with E-state index in [1.54, 1.807) is 0 Å². The van der Waals surface area contributed by atoms with Crippen LogP contribution in [0.15, 0.2) is 53.7 Å². The molecule has 146 valence electrons. The van der Waals surface area contributed by atoms with Crippen molar-refractivity contribution < 1.29 is 4.79 Å². The normalized spacial score (nSPS) is 11.5. The van der Waals surface area contributed by atoms with Crippen molar-refractivity contribution in [1.29, 1.82) is 0 Å². The van der Waals surface area contributed by atoms with Crippen LogP contribution in [-0.2, 0) is 12.0 Å². The zero-order chi connectivity index (χ0) is 20.3. The Balaban J connectivity index is 1.78. The van der Waals surface area contributed by atoms with E-state index in [9.17, 15) is 4.79 Å². The van der Waals surface area contributed by atoms with Gasteiger partial charge < -0.3 is 5.32 Å². The van der Waals surface area contributed by atoms with E-state index in [-0.39, 0.29) is 11.3 Å². The molecule has 0 fully saturated rings. The summed E-state index contributed by atoms with van der Waals surface area (Å²) in [5.74, 6) is 0.583. The molecule has 0 atom stereocenters. The summed E-state index contributed by atoms with van der Waals surface area (Å²) in [7, 11) is 0. The minimum absolute atomic E-state index is 0.0630. The number of benzene rings is 2. The monoisotopic (exact) mass is 394 g/mol. The maximum Gasteiger partial charge on any atom is 0.251 e. The van der Waals surface area contributed by atoms with Crippen LogP contribution in [0.2, 0.25) is 0 Å². The maximum absolute atomic E-state index is 12.6. The molecular weight excluding hydrogens is 368 g/mol. The fraction of sp³-hybridized carbons (Fsp3) is 0.318. The van der Waals surface area contributed by atoms with Gasteiger partial charge in [-0.2, -0.15) is 0 Å². The smallest absolute Gasteiger partial charge is 0.251 e. The average Bonchev–Trinajstić information content (AvgIpc) is 3.08. The van der Waals surface area contributed by atoms with Crippen molar-refractivity contribution in [2.75, 3.05) is 6.26 Å². The summed E-state index contributed by atoms with van der Waals surface area (Å²) in [6, 6.07) is 15.9. The highest BCUT2D eigenvalue weighted by atomic mass is 32.2. The first-order valence-corrected chi connectivity index (χ1v) is 10.5. The zero-order valence-corrected chi connectivity index (χ0v) is 17.8. The van der Waals surface area contributed by atoms with E-state index in [1.165, 1.54) is 17.3 Å². The van der Waals surface area contributed by atoms with Crippen LogP contribution >= 0.6 is 11.8 Å². The lowest BCUT2D eigenvalue weighted by Gasteiger charge is -2.19. The summed E-state index contributed by atoms with van der Waals surface area (Å²) in [5, 5.41) is 12.3. The first-order valence-electron chi connectivity index (χ1n) is 9.23. The van der Waals surface area contributed by atoms with Crippen molar-refractivity contribution >= 4 is 17.7 Å². The van der Waals surface area contributed by atoms with Gasteiger partial charge in [0.2, 0.25) is 0 Å². The van der Waals surface area contributed by atoms with E-state index < -0.39 is 0 Å². The van der Waals surface area contributed by atoms with Crippen LogP contribution in [0.1, 0.15) is 48.1 Å². The first kappa shape index (κ1) is 20.1. The van der Waals surface area contributed by atoms with Crippen molar-refractivity contribution in [2.24, 2.45) is 0 Å². The van der Waals surface area contributed by atoms with E-state index in [0.29, 0.717) is 17.9 Å². The lowest BCUT2D eigenvalue weighted by Crippen LogP contribution is -2.25. The van der Waals surface area contributed by atoms with Gasteiger partial charge in [-0.25, -0.2) is 0 Å². The molecule has 5 nitrogen and oxygen atoms in total. The molecule has 28 heavy (non-hydrogen) atoms. The van der Waals surface area contributed by atoms with Crippen LogP contribution in [0.5, 0.6) is 0 Å². The third-order valence-electron chi connectivity index (χ3n) is 4.56. The highest BCUT2D eigenvalue weighted by molar-refractivity contribution is 7.98. The molecule has 6 heteroatoms. The largest absolute Gasteiger partial charge is 0.345 e. The summed E-state index contributed by atoms with van der Waals surface area (Å²) >= 11 is 1.53. The number of carbonyl (C=O) groups is 1. The second-order valence-electron chi connectivity index (χ2n) is 7.79. The molecule has 0 aliphatic heterocycles. The van der Waals surface area contributed by atoms with Gasteiger partial charge in [-0.3, -0.25) is 9.36 Å². The molecule has 2 aromatic carbocycles. The highest BCUT2D eigenvalue weighted by Crippen LogP contribution is 2.23. The number of thioether (sulfide) groups is 1. The quantitative estimate of drug-likeness (QED) is 0.646. The average molecular weight is 395 g/mol. The molecule has 0 bridgehead atoms. The lowest BCUT2D eigenvalue weighted by molar-refractivity contribution is 0.0949. The Morgan fingerprint density at radius 3 is 2.43 bits per heavy atom. The number of hydrogen-bond donors (Lipinski definition) is 1. The second-order valence-corrected chi connectivity index (χ2v) is 8.56. The molecule has 0 aliphatic carbocycles. The molecule has 0 saturated heterocycles. The van der Waals surface area contributed by atoms with E-state index >= 15 is 0 Å². The first-order chi connectivity index (χ1) is 13.3. The van der Waals surface area contributed by atoms with E-state index in [0.717, 1.165) is 16.4 Å². The molecular formula is C22H26N4OS. The number of rotatable bonds is 5. The minimum atomic E-state index is -0.120. The molecule has 0 aliphatic rings. The lowest BCUT2D eigenvalue weighted by atomic mass is 9.87. The zero-order valence-electron chi connectivity index (χ0n) is 17.0. The number of hydrogen-bond acceptors (Lipinski definition) is 4. The highest BCUT2D eigenvalue weighted by Gasteiger charge is 2.16. The van der Waals surface area contributed by atoms with E-state index in [4.69, 9.17) is 0 Å². The van der Waals surface area contributed by atoms with Crippen molar-refractivity contribution in [3.05, 3.63) is 71.0 Å². The summed E-state index contributed by atoms with van der Waals surface area (Å²) in [6.07, 6.45) is 1.97. The minimum Gasteiger partial charge on any atom is -0.345 e. The number of aryl methyl sites for hydroxylation is 1.